The van der Waals surface area contributed by atoms with E-state index >= 15 is 0 Å². The number of para-hydroxylation sites is 2. The van der Waals surface area contributed by atoms with Crippen molar-refractivity contribution in [1.82, 2.24) is 0 Å². The third-order valence-electron chi connectivity index (χ3n) is 4.57. The Bertz CT molecular complexity index is 631. The zero-order chi connectivity index (χ0) is 15.5. The Labute approximate surface area is 132 Å². The summed E-state index contributed by atoms with van der Waals surface area (Å²) in [5, 5.41) is 0. The van der Waals surface area contributed by atoms with Gasteiger partial charge in [-0.1, -0.05) is 36.4 Å². The van der Waals surface area contributed by atoms with Gasteiger partial charge in [0.1, 0.15) is 5.78 Å². The Morgan fingerprint density at radius 3 is 1.95 bits per heavy atom. The molecule has 0 radical (unpaired) electrons. The maximum absolute atomic E-state index is 12.0. The van der Waals surface area contributed by atoms with Crippen molar-refractivity contribution in [2.45, 2.75) is 45.6 Å². The zero-order valence-electron chi connectivity index (χ0n) is 13.4. The van der Waals surface area contributed by atoms with Gasteiger partial charge in [0, 0.05) is 30.3 Å². The average molecular weight is 293 g/mol. The molecule has 0 aliphatic heterocycles. The van der Waals surface area contributed by atoms with Gasteiger partial charge in [0.2, 0.25) is 0 Å². The quantitative estimate of drug-likeness (QED) is 0.797. The summed E-state index contributed by atoms with van der Waals surface area (Å²) in [5.74, 6) is 0.392. The van der Waals surface area contributed by atoms with Gasteiger partial charge in [-0.3, -0.25) is 4.79 Å². The molecule has 1 aliphatic rings. The van der Waals surface area contributed by atoms with Crippen LogP contribution in [0.4, 0.5) is 11.4 Å². The molecule has 1 saturated carbocycles. The van der Waals surface area contributed by atoms with Crippen molar-refractivity contribution < 1.29 is 4.79 Å². The number of Topliss-reactive ketones (excluding diaryl/α,β-unsaturated/α-hetero) is 1. The average Bonchev–Trinajstić information content (AvgIpc) is 2.51. The molecule has 114 valence electrons. The Hall–Kier alpha value is -2.09. The fraction of sp³-hybridized carbons (Fsp3) is 0.350. The molecule has 22 heavy (non-hydrogen) atoms. The van der Waals surface area contributed by atoms with Crippen LogP contribution in [-0.2, 0) is 4.79 Å². The lowest BCUT2D eigenvalue weighted by molar-refractivity contribution is -0.120. The van der Waals surface area contributed by atoms with Crippen molar-refractivity contribution in [3.63, 3.8) is 0 Å². The molecule has 2 heteroatoms. The molecule has 0 bridgehead atoms. The molecule has 0 saturated heterocycles. The molecule has 0 amide bonds. The van der Waals surface area contributed by atoms with Gasteiger partial charge in [0.15, 0.2) is 0 Å². The SMILES string of the molecule is Cc1ccccc1N(c1ccccc1C)C1CCCC(=O)C1. The van der Waals surface area contributed by atoms with E-state index in [0.717, 1.165) is 19.3 Å². The highest BCUT2D eigenvalue weighted by Crippen LogP contribution is 2.36. The van der Waals surface area contributed by atoms with Crippen LogP contribution >= 0.6 is 0 Å². The first-order valence-corrected chi connectivity index (χ1v) is 8.09. The minimum Gasteiger partial charge on any atom is -0.337 e. The Balaban J connectivity index is 2.08. The number of hydrogen-bond donors (Lipinski definition) is 0. The lowest BCUT2D eigenvalue weighted by Crippen LogP contribution is -2.36. The van der Waals surface area contributed by atoms with E-state index in [1.165, 1.54) is 22.5 Å². The van der Waals surface area contributed by atoms with E-state index in [1.807, 2.05) is 0 Å². The normalized spacial score (nSPS) is 18.3. The van der Waals surface area contributed by atoms with E-state index in [9.17, 15) is 4.79 Å². The summed E-state index contributed by atoms with van der Waals surface area (Å²) in [6, 6.07) is 17.2. The topological polar surface area (TPSA) is 20.3 Å². The van der Waals surface area contributed by atoms with Gasteiger partial charge in [-0.15, -0.1) is 0 Å². The summed E-state index contributed by atoms with van der Waals surface area (Å²) in [6.07, 6.45) is 3.47. The van der Waals surface area contributed by atoms with Crippen molar-refractivity contribution in [2.24, 2.45) is 0 Å². The third kappa shape index (κ3) is 2.92. The van der Waals surface area contributed by atoms with E-state index in [-0.39, 0.29) is 6.04 Å². The van der Waals surface area contributed by atoms with Gasteiger partial charge in [-0.25, -0.2) is 0 Å². The van der Waals surface area contributed by atoms with Crippen LogP contribution in [0.15, 0.2) is 48.5 Å². The molecular formula is C20H23NO. The van der Waals surface area contributed by atoms with Crippen LogP contribution in [0.1, 0.15) is 36.8 Å². The first-order chi connectivity index (χ1) is 10.7. The largest absolute Gasteiger partial charge is 0.337 e. The van der Waals surface area contributed by atoms with E-state index in [0.29, 0.717) is 12.2 Å². The van der Waals surface area contributed by atoms with Crippen molar-refractivity contribution >= 4 is 17.2 Å². The maximum Gasteiger partial charge on any atom is 0.134 e. The highest BCUT2D eigenvalue weighted by molar-refractivity contribution is 5.82. The summed E-state index contributed by atoms with van der Waals surface area (Å²) in [6.45, 7) is 4.29. The molecule has 2 aromatic rings. The van der Waals surface area contributed by atoms with E-state index < -0.39 is 0 Å². The predicted molar refractivity (Wildman–Crippen MR) is 91.8 cm³/mol. The molecule has 0 aromatic heterocycles. The summed E-state index contributed by atoms with van der Waals surface area (Å²) < 4.78 is 0. The van der Waals surface area contributed by atoms with Crippen molar-refractivity contribution in [3.8, 4) is 0 Å². The third-order valence-corrected chi connectivity index (χ3v) is 4.57. The van der Waals surface area contributed by atoms with Gasteiger partial charge < -0.3 is 4.90 Å². The molecule has 1 atom stereocenters. The predicted octanol–water partition coefficient (Wildman–Crippen LogP) is 4.95. The molecule has 2 aromatic carbocycles. The van der Waals surface area contributed by atoms with E-state index in [4.69, 9.17) is 0 Å². The maximum atomic E-state index is 12.0. The second-order valence-electron chi connectivity index (χ2n) is 6.23. The molecule has 1 aliphatic carbocycles. The van der Waals surface area contributed by atoms with Gasteiger partial charge >= 0.3 is 0 Å². The summed E-state index contributed by atoms with van der Waals surface area (Å²) >= 11 is 0. The highest BCUT2D eigenvalue weighted by Gasteiger charge is 2.28. The molecule has 0 spiro atoms. The molecule has 1 fully saturated rings. The standard InChI is InChI=1S/C20H23NO/c1-15-8-3-5-12-19(15)21(17-10-7-11-18(22)14-17)20-13-6-4-9-16(20)2/h3-6,8-9,12-13,17H,7,10-11,14H2,1-2H3. The van der Waals surface area contributed by atoms with Crippen LogP contribution in [0.5, 0.6) is 0 Å². The Kier molecular flexibility index (Phi) is 4.28. The smallest absolute Gasteiger partial charge is 0.134 e. The fourth-order valence-corrected chi connectivity index (χ4v) is 3.41. The Morgan fingerprint density at radius 1 is 0.909 bits per heavy atom. The minimum absolute atomic E-state index is 0.267. The van der Waals surface area contributed by atoms with Crippen molar-refractivity contribution in [2.75, 3.05) is 4.90 Å². The van der Waals surface area contributed by atoms with Crippen LogP contribution in [-0.4, -0.2) is 11.8 Å². The number of rotatable bonds is 3. The first-order valence-electron chi connectivity index (χ1n) is 8.09. The lowest BCUT2D eigenvalue weighted by atomic mass is 9.91. The summed E-state index contributed by atoms with van der Waals surface area (Å²) in [5.41, 5.74) is 4.94. The van der Waals surface area contributed by atoms with Gasteiger partial charge in [-0.05, 0) is 49.9 Å². The molecular weight excluding hydrogens is 270 g/mol. The number of aryl methyl sites for hydroxylation is 2. The number of hydrogen-bond acceptors (Lipinski definition) is 2. The van der Waals surface area contributed by atoms with Crippen LogP contribution in [0.25, 0.3) is 0 Å². The van der Waals surface area contributed by atoms with Crippen LogP contribution in [0, 0.1) is 13.8 Å². The molecule has 3 rings (SSSR count). The van der Waals surface area contributed by atoms with Gasteiger partial charge in [-0.2, -0.15) is 0 Å². The molecule has 0 heterocycles. The number of benzene rings is 2. The van der Waals surface area contributed by atoms with Gasteiger partial charge in [0.05, 0.1) is 0 Å². The second-order valence-corrected chi connectivity index (χ2v) is 6.23. The monoisotopic (exact) mass is 293 g/mol. The minimum atomic E-state index is 0.267. The van der Waals surface area contributed by atoms with E-state index in [1.54, 1.807) is 0 Å². The number of anilines is 2. The second kappa shape index (κ2) is 6.35. The van der Waals surface area contributed by atoms with Crippen molar-refractivity contribution in [3.05, 3.63) is 59.7 Å². The van der Waals surface area contributed by atoms with Crippen LogP contribution in [0.2, 0.25) is 0 Å². The first kappa shape index (κ1) is 14.8. The van der Waals surface area contributed by atoms with E-state index in [2.05, 4.69) is 67.3 Å². The number of carbonyl (C=O) groups excluding carboxylic acids is 1. The van der Waals surface area contributed by atoms with Gasteiger partial charge in [0.25, 0.3) is 0 Å². The highest BCUT2D eigenvalue weighted by atomic mass is 16.1. The Morgan fingerprint density at radius 2 is 1.45 bits per heavy atom. The lowest BCUT2D eigenvalue weighted by Gasteiger charge is -2.37. The number of carbonyl (C=O) groups is 1. The van der Waals surface area contributed by atoms with Crippen LogP contribution < -0.4 is 4.90 Å². The van der Waals surface area contributed by atoms with Crippen molar-refractivity contribution in [1.29, 1.82) is 0 Å². The molecule has 1 unspecified atom stereocenters. The summed E-state index contributed by atoms with van der Waals surface area (Å²) in [4.78, 5) is 14.4. The zero-order valence-corrected chi connectivity index (χ0v) is 13.4. The fourth-order valence-electron chi connectivity index (χ4n) is 3.41. The number of ketones is 1. The molecule has 0 N–H and O–H groups in total. The number of nitrogens with zero attached hydrogens (tertiary/aromatic N) is 1. The molecule has 2 nitrogen and oxygen atoms in total. The van der Waals surface area contributed by atoms with Crippen LogP contribution in [0.3, 0.4) is 0 Å². The summed E-state index contributed by atoms with van der Waals surface area (Å²) in [7, 11) is 0.